The van der Waals surface area contributed by atoms with Crippen LogP contribution in [0.2, 0.25) is 0 Å². The van der Waals surface area contributed by atoms with Crippen molar-refractivity contribution < 1.29 is 0 Å². The zero-order valence-corrected chi connectivity index (χ0v) is 10.8. The van der Waals surface area contributed by atoms with Crippen molar-refractivity contribution in [1.82, 2.24) is 10.2 Å². The van der Waals surface area contributed by atoms with Gasteiger partial charge in [-0.25, -0.2) is 0 Å². The molecule has 1 aliphatic heterocycles. The van der Waals surface area contributed by atoms with Crippen molar-refractivity contribution in [3.8, 4) is 0 Å². The van der Waals surface area contributed by atoms with E-state index in [1.165, 1.54) is 38.6 Å². The molecule has 1 heterocycles. The molecule has 0 radical (unpaired) electrons. The van der Waals surface area contributed by atoms with Gasteiger partial charge >= 0.3 is 0 Å². The fraction of sp³-hybridized carbons (Fsp3) is 0.857. The van der Waals surface area contributed by atoms with Gasteiger partial charge in [0, 0.05) is 24.7 Å². The first-order valence-corrected chi connectivity index (χ1v) is 6.95. The van der Waals surface area contributed by atoms with Crippen molar-refractivity contribution in [2.24, 2.45) is 0 Å². The Morgan fingerprint density at radius 1 is 1.31 bits per heavy atom. The van der Waals surface area contributed by atoms with Crippen molar-refractivity contribution in [2.45, 2.75) is 64.1 Å². The molecule has 0 aromatic rings. The van der Waals surface area contributed by atoms with Gasteiger partial charge in [-0.05, 0) is 45.6 Å². The molecule has 0 spiro atoms. The maximum atomic E-state index is 3.60. The number of nitrogens with zero attached hydrogens (tertiary/aromatic N) is 1. The lowest BCUT2D eigenvalue weighted by atomic mass is 9.92. The topological polar surface area (TPSA) is 15.3 Å². The summed E-state index contributed by atoms with van der Waals surface area (Å²) in [4.78, 5) is 2.75. The molecule has 3 atom stereocenters. The lowest BCUT2D eigenvalue weighted by Gasteiger charge is -2.43. The molecule has 0 aromatic heterocycles. The summed E-state index contributed by atoms with van der Waals surface area (Å²) in [5.74, 6) is 0. The van der Waals surface area contributed by atoms with E-state index in [1.54, 1.807) is 0 Å². The van der Waals surface area contributed by atoms with Crippen LogP contribution in [0.25, 0.3) is 0 Å². The highest BCUT2D eigenvalue weighted by atomic mass is 15.2. The molecule has 1 saturated heterocycles. The second-order valence-corrected chi connectivity index (χ2v) is 5.30. The summed E-state index contributed by atoms with van der Waals surface area (Å²) in [5.41, 5.74) is 0. The Labute approximate surface area is 100 Å². The first-order chi connectivity index (χ1) is 7.81. The van der Waals surface area contributed by atoms with Crippen molar-refractivity contribution >= 4 is 0 Å². The average Bonchev–Trinajstić information content (AvgIpc) is 2.31. The second kappa shape index (κ2) is 5.83. The fourth-order valence-electron chi connectivity index (χ4n) is 3.29. The third-order valence-electron chi connectivity index (χ3n) is 4.13. The van der Waals surface area contributed by atoms with E-state index in [4.69, 9.17) is 0 Å². The molecule has 1 fully saturated rings. The molecule has 0 bridgehead atoms. The average molecular weight is 222 g/mol. The van der Waals surface area contributed by atoms with Gasteiger partial charge in [0.2, 0.25) is 0 Å². The summed E-state index contributed by atoms with van der Waals surface area (Å²) in [6.07, 6.45) is 11.3. The summed E-state index contributed by atoms with van der Waals surface area (Å²) in [6, 6.07) is 2.34. The van der Waals surface area contributed by atoms with Gasteiger partial charge < -0.3 is 5.32 Å². The monoisotopic (exact) mass is 222 g/mol. The Hall–Kier alpha value is -0.340. The van der Waals surface area contributed by atoms with Crippen LogP contribution in [0.1, 0.15) is 46.0 Å². The molecule has 1 N–H and O–H groups in total. The van der Waals surface area contributed by atoms with Gasteiger partial charge in [0.05, 0.1) is 0 Å². The maximum absolute atomic E-state index is 3.60. The SMILES string of the molecule is CCNC1CCN(C2CC=CCC2)C(C)C1. The zero-order valence-electron chi connectivity index (χ0n) is 10.8. The number of piperidine rings is 1. The molecule has 16 heavy (non-hydrogen) atoms. The molecule has 0 saturated carbocycles. The minimum Gasteiger partial charge on any atom is -0.314 e. The first-order valence-electron chi connectivity index (χ1n) is 6.95. The van der Waals surface area contributed by atoms with Gasteiger partial charge in [0.15, 0.2) is 0 Å². The largest absolute Gasteiger partial charge is 0.314 e. The summed E-state index contributed by atoms with van der Waals surface area (Å²) in [5, 5.41) is 3.60. The van der Waals surface area contributed by atoms with Gasteiger partial charge in [-0.2, -0.15) is 0 Å². The van der Waals surface area contributed by atoms with Crippen LogP contribution >= 0.6 is 0 Å². The van der Waals surface area contributed by atoms with Crippen LogP contribution in [0.3, 0.4) is 0 Å². The Kier molecular flexibility index (Phi) is 4.42. The van der Waals surface area contributed by atoms with Crippen LogP contribution in [0.5, 0.6) is 0 Å². The highest BCUT2D eigenvalue weighted by molar-refractivity contribution is 4.96. The number of hydrogen-bond acceptors (Lipinski definition) is 2. The Morgan fingerprint density at radius 2 is 2.19 bits per heavy atom. The summed E-state index contributed by atoms with van der Waals surface area (Å²) >= 11 is 0. The smallest absolute Gasteiger partial charge is 0.0135 e. The van der Waals surface area contributed by atoms with E-state index in [2.05, 4.69) is 36.2 Å². The lowest BCUT2D eigenvalue weighted by molar-refractivity contribution is 0.0829. The second-order valence-electron chi connectivity index (χ2n) is 5.30. The number of rotatable bonds is 3. The molecular weight excluding hydrogens is 196 g/mol. The van der Waals surface area contributed by atoms with Crippen molar-refractivity contribution in [2.75, 3.05) is 13.1 Å². The van der Waals surface area contributed by atoms with E-state index in [9.17, 15) is 0 Å². The van der Waals surface area contributed by atoms with E-state index < -0.39 is 0 Å². The van der Waals surface area contributed by atoms with Gasteiger partial charge in [0.25, 0.3) is 0 Å². The highest BCUT2D eigenvalue weighted by Gasteiger charge is 2.29. The first kappa shape index (κ1) is 12.1. The van der Waals surface area contributed by atoms with Crippen LogP contribution in [0, 0.1) is 0 Å². The third kappa shape index (κ3) is 2.86. The Balaban J connectivity index is 1.85. The van der Waals surface area contributed by atoms with Gasteiger partial charge in [-0.1, -0.05) is 19.1 Å². The molecule has 2 heteroatoms. The lowest BCUT2D eigenvalue weighted by Crippen LogP contribution is -2.51. The fourth-order valence-corrected chi connectivity index (χ4v) is 3.29. The van der Waals surface area contributed by atoms with Gasteiger partial charge in [-0.15, -0.1) is 0 Å². The third-order valence-corrected chi connectivity index (χ3v) is 4.13. The van der Waals surface area contributed by atoms with Crippen LogP contribution in [0.15, 0.2) is 12.2 Å². The van der Waals surface area contributed by atoms with E-state index >= 15 is 0 Å². The van der Waals surface area contributed by atoms with E-state index in [-0.39, 0.29) is 0 Å². The summed E-state index contributed by atoms with van der Waals surface area (Å²) in [6.45, 7) is 7.02. The molecule has 2 nitrogen and oxygen atoms in total. The quantitative estimate of drug-likeness (QED) is 0.738. The number of allylic oxidation sites excluding steroid dienone is 1. The molecule has 2 aliphatic rings. The molecule has 0 amide bonds. The van der Waals surface area contributed by atoms with Crippen LogP contribution in [0.4, 0.5) is 0 Å². The Morgan fingerprint density at radius 3 is 2.81 bits per heavy atom. The maximum Gasteiger partial charge on any atom is 0.0135 e. The van der Waals surface area contributed by atoms with Crippen LogP contribution < -0.4 is 5.32 Å². The molecule has 0 aromatic carbocycles. The standard InChI is InChI=1S/C14H26N2/c1-3-15-13-9-10-16(12(2)11-13)14-7-5-4-6-8-14/h4-5,12-15H,3,6-11H2,1-2H3. The molecule has 2 rings (SSSR count). The minimum atomic E-state index is 0.759. The van der Waals surface area contributed by atoms with Crippen molar-refractivity contribution in [3.63, 3.8) is 0 Å². The van der Waals surface area contributed by atoms with E-state index in [0.29, 0.717) is 0 Å². The normalized spacial score (nSPS) is 36.5. The zero-order chi connectivity index (χ0) is 11.4. The molecule has 3 unspecified atom stereocenters. The van der Waals surface area contributed by atoms with E-state index in [1.807, 2.05) is 0 Å². The number of nitrogens with one attached hydrogen (secondary N) is 1. The summed E-state index contributed by atoms with van der Waals surface area (Å²) < 4.78 is 0. The van der Waals surface area contributed by atoms with Crippen molar-refractivity contribution in [1.29, 1.82) is 0 Å². The van der Waals surface area contributed by atoms with Gasteiger partial charge in [0.1, 0.15) is 0 Å². The molecule has 92 valence electrons. The highest BCUT2D eigenvalue weighted by Crippen LogP contribution is 2.25. The van der Waals surface area contributed by atoms with Crippen molar-refractivity contribution in [3.05, 3.63) is 12.2 Å². The summed E-state index contributed by atoms with van der Waals surface area (Å²) in [7, 11) is 0. The van der Waals surface area contributed by atoms with Gasteiger partial charge in [-0.3, -0.25) is 4.90 Å². The number of likely N-dealkylation sites (tertiary alicyclic amines) is 1. The minimum absolute atomic E-state index is 0.759. The van der Waals surface area contributed by atoms with E-state index in [0.717, 1.165) is 24.7 Å². The van der Waals surface area contributed by atoms with Crippen LogP contribution in [-0.4, -0.2) is 36.1 Å². The predicted octanol–water partition coefficient (Wildman–Crippen LogP) is 2.56. The molecular formula is C14H26N2. The molecule has 1 aliphatic carbocycles. The predicted molar refractivity (Wildman–Crippen MR) is 69.6 cm³/mol. The number of hydrogen-bond donors (Lipinski definition) is 1. The Bertz CT molecular complexity index is 237. The van der Waals surface area contributed by atoms with Crippen LogP contribution in [-0.2, 0) is 0 Å².